The molecule has 0 spiro atoms. The summed E-state index contributed by atoms with van der Waals surface area (Å²) in [7, 11) is -8.16. The van der Waals surface area contributed by atoms with Gasteiger partial charge in [0.1, 0.15) is 0 Å². The van der Waals surface area contributed by atoms with Gasteiger partial charge in [-0.15, -0.1) is 0 Å². The topological polar surface area (TPSA) is 93.7 Å². The molecule has 0 radical (unpaired) electrons. The second-order valence-corrected chi connectivity index (χ2v) is 7.17. The van der Waals surface area contributed by atoms with Crippen LogP contribution in [0.5, 0.6) is 0 Å². The van der Waals surface area contributed by atoms with E-state index in [0.29, 0.717) is 0 Å². The van der Waals surface area contributed by atoms with Crippen molar-refractivity contribution >= 4 is 10.1 Å². The minimum Gasteiger partial charge on any atom is -0.743 e. The first-order valence-electron chi connectivity index (χ1n) is 6.69. The zero-order valence-corrected chi connectivity index (χ0v) is 15.5. The molecule has 0 fully saturated rings. The fourth-order valence-corrected chi connectivity index (χ4v) is 2.11. The molecule has 1 unspecified atom stereocenters. The second kappa shape index (κ2) is 8.37. The predicted molar refractivity (Wildman–Crippen MR) is 65.9 cm³/mol. The van der Waals surface area contributed by atoms with E-state index in [-0.39, 0.29) is 6.15 Å². The van der Waals surface area contributed by atoms with E-state index in [1.54, 1.807) is 0 Å². The van der Waals surface area contributed by atoms with Crippen molar-refractivity contribution in [3.8, 4) is 0 Å². The fraction of sp³-hybridized carbons (Fsp3) is 1.00. The van der Waals surface area contributed by atoms with Gasteiger partial charge in [-0.05, 0) is 0 Å². The number of quaternary nitrogens is 1. The van der Waals surface area contributed by atoms with Crippen LogP contribution in [-0.2, 0) is 10.1 Å². The Morgan fingerprint density at radius 1 is 0.576 bits per heavy atom. The Morgan fingerprint density at radius 2 is 0.848 bits per heavy atom. The van der Waals surface area contributed by atoms with Crippen LogP contribution in [0.4, 0.5) is 79.0 Å². The number of alkyl halides is 18. The molecule has 0 aromatic rings. The van der Waals surface area contributed by atoms with Gasteiger partial charge in [-0.3, -0.25) is 0 Å². The molecule has 33 heavy (non-hydrogen) atoms. The van der Waals surface area contributed by atoms with Gasteiger partial charge in [0.2, 0.25) is 0 Å². The van der Waals surface area contributed by atoms with E-state index >= 15 is 0 Å². The Kier molecular flexibility index (Phi) is 8.57. The molecule has 0 aromatic heterocycles. The van der Waals surface area contributed by atoms with Crippen LogP contribution in [-0.4, -0.2) is 66.1 Å². The number of halogens is 18. The van der Waals surface area contributed by atoms with Crippen LogP contribution in [0.3, 0.4) is 0 Å². The molecule has 0 heterocycles. The zero-order chi connectivity index (χ0) is 26.8. The summed E-state index contributed by atoms with van der Waals surface area (Å²) >= 11 is 0. The van der Waals surface area contributed by atoms with E-state index < -0.39 is 69.7 Å². The van der Waals surface area contributed by atoms with E-state index in [9.17, 15) is 92.0 Å². The van der Waals surface area contributed by atoms with Crippen LogP contribution in [0.15, 0.2) is 0 Å². The van der Waals surface area contributed by atoms with Gasteiger partial charge in [0, 0.05) is 0 Å². The lowest BCUT2D eigenvalue weighted by molar-refractivity contribution is -0.439. The lowest BCUT2D eigenvalue weighted by Crippen LogP contribution is -2.74. The van der Waals surface area contributed by atoms with Crippen LogP contribution in [0.1, 0.15) is 6.42 Å². The molecule has 4 N–H and O–H groups in total. The van der Waals surface area contributed by atoms with Crippen LogP contribution in [0.25, 0.3) is 0 Å². The largest absolute Gasteiger partial charge is 0.743 e. The Bertz CT molecular complexity index is 803. The number of hydrogen-bond acceptors (Lipinski definition) is 3. The highest BCUT2D eigenvalue weighted by Gasteiger charge is 2.94. The van der Waals surface area contributed by atoms with Crippen molar-refractivity contribution in [2.75, 3.05) is 0 Å². The predicted octanol–water partition coefficient (Wildman–Crippen LogP) is 5.60. The van der Waals surface area contributed by atoms with Gasteiger partial charge in [0.05, 0.1) is 6.42 Å². The van der Waals surface area contributed by atoms with Crippen LogP contribution >= 0.6 is 0 Å². The third-order valence-electron chi connectivity index (χ3n) is 3.48. The first-order chi connectivity index (χ1) is 13.4. The van der Waals surface area contributed by atoms with Crippen molar-refractivity contribution in [3.63, 3.8) is 0 Å². The molecule has 4 nitrogen and oxygen atoms in total. The quantitative estimate of drug-likeness (QED) is 0.292. The van der Waals surface area contributed by atoms with E-state index in [2.05, 4.69) is 0 Å². The third kappa shape index (κ3) is 4.75. The molecule has 202 valence electrons. The van der Waals surface area contributed by atoms with Gasteiger partial charge < -0.3 is 10.7 Å². The molecule has 0 amide bonds. The van der Waals surface area contributed by atoms with Crippen molar-refractivity contribution in [1.29, 1.82) is 0 Å². The van der Waals surface area contributed by atoms with Crippen molar-refractivity contribution in [3.05, 3.63) is 0 Å². The van der Waals surface area contributed by atoms with Crippen LogP contribution in [0, 0.1) is 0 Å². The highest BCUT2D eigenvalue weighted by atomic mass is 32.2. The lowest BCUT2D eigenvalue weighted by atomic mass is 9.89. The van der Waals surface area contributed by atoms with Crippen molar-refractivity contribution in [1.82, 2.24) is 6.15 Å². The summed E-state index contributed by atoms with van der Waals surface area (Å²) in [5.74, 6) is -51.1. The van der Waals surface area contributed by atoms with Crippen molar-refractivity contribution < 1.29 is 92.0 Å². The molecule has 0 saturated carbocycles. The fourth-order valence-electron chi connectivity index (χ4n) is 1.67. The van der Waals surface area contributed by atoms with Crippen LogP contribution in [0.2, 0.25) is 0 Å². The standard InChI is InChI=1S/C10H4F18O3S.H3N/c11-2(1-3(12,13)14)4(15,16)5(17,18)6(19,20)7(21,22)8(23,24)9(25,26)10(27,28)32(29,30)31;/h2H,1H2,(H,29,30,31);1H3. The minimum atomic E-state index is -8.87. The normalized spacial score (nSPS) is 16.9. The molecule has 0 bridgehead atoms. The Balaban J connectivity index is 0. The van der Waals surface area contributed by atoms with E-state index in [4.69, 9.17) is 0 Å². The number of rotatable bonds is 9. The van der Waals surface area contributed by atoms with E-state index in [1.165, 1.54) is 0 Å². The zero-order valence-electron chi connectivity index (χ0n) is 14.7. The monoisotopic (exact) mass is 563 g/mol. The molecular weight excluding hydrogens is 556 g/mol. The third-order valence-corrected chi connectivity index (χ3v) is 4.36. The maximum atomic E-state index is 13.3. The summed E-state index contributed by atoms with van der Waals surface area (Å²) in [6.07, 6.45) is -15.6. The van der Waals surface area contributed by atoms with Gasteiger partial charge in [0.25, 0.3) is 0 Å². The summed E-state index contributed by atoms with van der Waals surface area (Å²) in [6.45, 7) is 0. The molecule has 0 aromatic carbocycles. The maximum absolute atomic E-state index is 13.3. The Labute approximate surface area is 169 Å². The molecular formula is C10H7F18NO3S. The second-order valence-electron chi connectivity index (χ2n) is 5.75. The highest BCUT2D eigenvalue weighted by molar-refractivity contribution is 7.86. The van der Waals surface area contributed by atoms with Crippen LogP contribution < -0.4 is 6.15 Å². The summed E-state index contributed by atoms with van der Waals surface area (Å²) in [6, 6.07) is 0. The van der Waals surface area contributed by atoms with Gasteiger partial charge in [0.15, 0.2) is 16.3 Å². The van der Waals surface area contributed by atoms with Crippen molar-refractivity contribution in [2.24, 2.45) is 0 Å². The molecule has 0 aliphatic heterocycles. The molecule has 1 atom stereocenters. The maximum Gasteiger partial charge on any atom is 0.402 e. The molecule has 0 aliphatic rings. The first kappa shape index (κ1) is 33.8. The summed E-state index contributed by atoms with van der Waals surface area (Å²) in [5.41, 5.74) is 0. The van der Waals surface area contributed by atoms with Crippen molar-refractivity contribution in [2.45, 2.75) is 59.6 Å². The molecule has 0 aliphatic carbocycles. The Morgan fingerprint density at radius 3 is 1.12 bits per heavy atom. The smallest absolute Gasteiger partial charge is 0.402 e. The number of hydrogen-bond donors (Lipinski definition) is 1. The van der Waals surface area contributed by atoms with Gasteiger partial charge in [-0.25, -0.2) is 12.8 Å². The lowest BCUT2D eigenvalue weighted by Gasteiger charge is -2.43. The van der Waals surface area contributed by atoms with Gasteiger partial charge in [-0.1, -0.05) is 0 Å². The Hall–Kier alpha value is -1.39. The van der Waals surface area contributed by atoms with Gasteiger partial charge in [-0.2, -0.15) is 74.6 Å². The highest BCUT2D eigenvalue weighted by Crippen LogP contribution is 2.63. The molecule has 0 rings (SSSR count). The summed E-state index contributed by atoms with van der Waals surface area (Å²) in [5, 5.41) is -7.96. The van der Waals surface area contributed by atoms with E-state index in [0.717, 1.165) is 0 Å². The summed E-state index contributed by atoms with van der Waals surface area (Å²) in [4.78, 5) is 0. The molecule has 0 saturated heterocycles. The SMILES string of the molecule is O=S(=O)([O-])C(F)(F)C(F)(F)C(F)(F)C(F)(F)C(F)(F)C(F)(F)C(F)(F)C(F)CC(F)(F)F.[NH4+]. The first-order valence-corrected chi connectivity index (χ1v) is 8.09. The summed E-state index contributed by atoms with van der Waals surface area (Å²) < 4.78 is 262. The average Bonchev–Trinajstić information content (AvgIpc) is 2.50. The average molecular weight is 563 g/mol. The van der Waals surface area contributed by atoms with Gasteiger partial charge >= 0.3 is 47.0 Å². The van der Waals surface area contributed by atoms with E-state index in [1.807, 2.05) is 0 Å². The minimum absolute atomic E-state index is 0. The molecule has 23 heteroatoms.